The van der Waals surface area contributed by atoms with Crippen LogP contribution >= 0.6 is 11.5 Å². The molecule has 1 saturated heterocycles. The standard InChI is InChI=1S/C16H21N3O4S2/c1-11-5-6-13(23-11)7-8-14(20)19-9-3-4-12(10-19)15-16(24-18-17-15)25(2,21)22/h5-6,12H,3-4,7-10H2,1-2H3/t12-/m0/s1. The number of sulfone groups is 1. The molecule has 0 bridgehead atoms. The molecule has 9 heteroatoms. The van der Waals surface area contributed by atoms with Crippen LogP contribution in [0.4, 0.5) is 0 Å². The monoisotopic (exact) mass is 383 g/mol. The van der Waals surface area contributed by atoms with E-state index in [2.05, 4.69) is 9.59 Å². The molecule has 25 heavy (non-hydrogen) atoms. The maximum atomic E-state index is 12.5. The minimum atomic E-state index is -3.34. The molecule has 0 saturated carbocycles. The van der Waals surface area contributed by atoms with Crippen LogP contribution in [0.3, 0.4) is 0 Å². The maximum absolute atomic E-state index is 12.5. The van der Waals surface area contributed by atoms with E-state index in [1.807, 2.05) is 19.1 Å². The number of hydrogen-bond donors (Lipinski definition) is 0. The van der Waals surface area contributed by atoms with Crippen LogP contribution in [-0.4, -0.2) is 48.2 Å². The van der Waals surface area contributed by atoms with Gasteiger partial charge in [-0.3, -0.25) is 4.79 Å². The van der Waals surface area contributed by atoms with E-state index in [0.29, 0.717) is 31.6 Å². The van der Waals surface area contributed by atoms with Gasteiger partial charge >= 0.3 is 0 Å². The molecule has 0 N–H and O–H groups in total. The molecule has 1 aliphatic heterocycles. The number of rotatable bonds is 5. The van der Waals surface area contributed by atoms with E-state index in [1.54, 1.807) is 4.90 Å². The summed E-state index contributed by atoms with van der Waals surface area (Å²) in [5.74, 6) is 1.63. The third-order valence-electron chi connectivity index (χ3n) is 4.36. The third-order valence-corrected chi connectivity index (χ3v) is 6.91. The lowest BCUT2D eigenvalue weighted by Crippen LogP contribution is -2.39. The fourth-order valence-electron chi connectivity index (χ4n) is 3.13. The van der Waals surface area contributed by atoms with E-state index in [9.17, 15) is 13.2 Å². The van der Waals surface area contributed by atoms with Gasteiger partial charge in [-0.15, -0.1) is 5.10 Å². The Kier molecular flexibility index (Phi) is 5.24. The molecule has 1 fully saturated rings. The van der Waals surface area contributed by atoms with Gasteiger partial charge < -0.3 is 9.32 Å². The van der Waals surface area contributed by atoms with Crippen LogP contribution in [0, 0.1) is 6.92 Å². The molecule has 0 aromatic carbocycles. The first-order chi connectivity index (χ1) is 11.8. The summed E-state index contributed by atoms with van der Waals surface area (Å²) >= 11 is 0.905. The zero-order valence-electron chi connectivity index (χ0n) is 14.3. The highest BCUT2D eigenvalue weighted by atomic mass is 32.2. The lowest BCUT2D eigenvalue weighted by Gasteiger charge is -2.32. The van der Waals surface area contributed by atoms with E-state index in [0.717, 1.165) is 35.9 Å². The number of likely N-dealkylation sites (tertiary alicyclic amines) is 1. The normalized spacial score (nSPS) is 18.5. The predicted octanol–water partition coefficient (Wildman–Crippen LogP) is 2.18. The number of aryl methyl sites for hydroxylation is 2. The van der Waals surface area contributed by atoms with Crippen LogP contribution in [-0.2, 0) is 21.1 Å². The van der Waals surface area contributed by atoms with E-state index >= 15 is 0 Å². The lowest BCUT2D eigenvalue weighted by atomic mass is 9.95. The van der Waals surface area contributed by atoms with Crippen LogP contribution in [0.5, 0.6) is 0 Å². The van der Waals surface area contributed by atoms with Gasteiger partial charge in [-0.2, -0.15) is 0 Å². The molecule has 1 atom stereocenters. The van der Waals surface area contributed by atoms with Crippen LogP contribution < -0.4 is 0 Å². The zero-order chi connectivity index (χ0) is 18.0. The van der Waals surface area contributed by atoms with E-state index in [1.165, 1.54) is 6.26 Å². The quantitative estimate of drug-likeness (QED) is 0.786. The summed E-state index contributed by atoms with van der Waals surface area (Å²) in [7, 11) is -3.34. The van der Waals surface area contributed by atoms with Gasteiger partial charge in [-0.1, -0.05) is 4.49 Å². The highest BCUT2D eigenvalue weighted by Gasteiger charge is 2.31. The van der Waals surface area contributed by atoms with Crippen molar-refractivity contribution in [2.45, 2.75) is 42.7 Å². The van der Waals surface area contributed by atoms with Crippen molar-refractivity contribution in [1.29, 1.82) is 0 Å². The topological polar surface area (TPSA) is 93.4 Å². The number of hydrogen-bond acceptors (Lipinski definition) is 7. The number of nitrogens with zero attached hydrogens (tertiary/aromatic N) is 3. The van der Waals surface area contributed by atoms with Gasteiger partial charge in [-0.25, -0.2) is 8.42 Å². The zero-order valence-corrected chi connectivity index (χ0v) is 15.9. The molecule has 2 aromatic heterocycles. The molecule has 136 valence electrons. The number of piperidine rings is 1. The summed E-state index contributed by atoms with van der Waals surface area (Å²) in [5, 5.41) is 4.03. The third kappa shape index (κ3) is 4.27. The molecule has 3 heterocycles. The van der Waals surface area contributed by atoms with Gasteiger partial charge in [0.2, 0.25) is 5.91 Å². The van der Waals surface area contributed by atoms with E-state index in [4.69, 9.17) is 4.42 Å². The van der Waals surface area contributed by atoms with Gasteiger partial charge in [0.05, 0.1) is 5.69 Å². The Morgan fingerprint density at radius 3 is 2.92 bits per heavy atom. The van der Waals surface area contributed by atoms with Crippen LogP contribution in [0.25, 0.3) is 0 Å². The average molecular weight is 383 g/mol. The fraction of sp³-hybridized carbons (Fsp3) is 0.562. The van der Waals surface area contributed by atoms with Crippen molar-refractivity contribution in [3.63, 3.8) is 0 Å². The van der Waals surface area contributed by atoms with Gasteiger partial charge in [0, 0.05) is 49.6 Å². The molecule has 2 aromatic rings. The number of carbonyl (C=O) groups is 1. The summed E-state index contributed by atoms with van der Waals surface area (Å²) in [5.41, 5.74) is 0.506. The first kappa shape index (κ1) is 18.1. The molecule has 1 aliphatic rings. The van der Waals surface area contributed by atoms with Crippen molar-refractivity contribution in [1.82, 2.24) is 14.5 Å². The predicted molar refractivity (Wildman–Crippen MR) is 93.3 cm³/mol. The summed E-state index contributed by atoms with van der Waals surface area (Å²) in [4.78, 5) is 14.3. The van der Waals surface area contributed by atoms with Gasteiger partial charge in [0.25, 0.3) is 0 Å². The Hall–Kier alpha value is -1.74. The fourth-order valence-corrected chi connectivity index (χ4v) is 4.86. The van der Waals surface area contributed by atoms with Crippen molar-refractivity contribution >= 4 is 27.3 Å². The lowest BCUT2D eigenvalue weighted by molar-refractivity contribution is -0.132. The maximum Gasteiger partial charge on any atom is 0.223 e. The molecular formula is C16H21N3O4S2. The second-order valence-electron chi connectivity index (χ2n) is 6.41. The largest absolute Gasteiger partial charge is 0.466 e. The van der Waals surface area contributed by atoms with Gasteiger partial charge in [0.1, 0.15) is 11.5 Å². The Morgan fingerprint density at radius 1 is 1.44 bits per heavy atom. The molecular weight excluding hydrogens is 362 g/mol. The number of amides is 1. The molecule has 3 rings (SSSR count). The van der Waals surface area contributed by atoms with Crippen LogP contribution in [0.15, 0.2) is 20.8 Å². The summed E-state index contributed by atoms with van der Waals surface area (Å²) < 4.78 is 33.3. The molecule has 0 unspecified atom stereocenters. The molecule has 0 radical (unpaired) electrons. The molecule has 7 nitrogen and oxygen atoms in total. The highest BCUT2D eigenvalue weighted by molar-refractivity contribution is 7.92. The Balaban J connectivity index is 1.65. The number of furan rings is 1. The van der Waals surface area contributed by atoms with E-state index < -0.39 is 9.84 Å². The van der Waals surface area contributed by atoms with Crippen LogP contribution in [0.1, 0.15) is 42.4 Å². The second-order valence-corrected chi connectivity index (χ2v) is 9.37. The van der Waals surface area contributed by atoms with Crippen molar-refractivity contribution in [3.8, 4) is 0 Å². The summed E-state index contributed by atoms with van der Waals surface area (Å²) in [6, 6.07) is 3.78. The van der Waals surface area contributed by atoms with Crippen molar-refractivity contribution in [2.75, 3.05) is 19.3 Å². The number of carbonyl (C=O) groups excluding carboxylic acids is 1. The second kappa shape index (κ2) is 7.25. The Morgan fingerprint density at radius 2 is 2.24 bits per heavy atom. The summed E-state index contributed by atoms with van der Waals surface area (Å²) in [6.45, 7) is 3.06. The SMILES string of the molecule is Cc1ccc(CCC(=O)N2CCC[C@H](c3nnsc3S(C)(=O)=O)C2)o1. The van der Waals surface area contributed by atoms with Crippen molar-refractivity contribution in [3.05, 3.63) is 29.3 Å². The average Bonchev–Trinajstić information content (AvgIpc) is 3.21. The highest BCUT2D eigenvalue weighted by Crippen LogP contribution is 2.32. The van der Waals surface area contributed by atoms with E-state index in [-0.39, 0.29) is 16.0 Å². The Labute approximate surface area is 151 Å². The van der Waals surface area contributed by atoms with Crippen molar-refractivity contribution in [2.24, 2.45) is 0 Å². The number of aromatic nitrogens is 2. The van der Waals surface area contributed by atoms with Crippen LogP contribution in [0.2, 0.25) is 0 Å². The molecule has 0 aliphatic carbocycles. The molecule has 0 spiro atoms. The van der Waals surface area contributed by atoms with Crippen molar-refractivity contribution < 1.29 is 17.6 Å². The minimum absolute atomic E-state index is 0.0582. The van der Waals surface area contributed by atoms with Gasteiger partial charge in [0.15, 0.2) is 14.0 Å². The van der Waals surface area contributed by atoms with Gasteiger partial charge in [-0.05, 0) is 31.9 Å². The smallest absolute Gasteiger partial charge is 0.223 e. The molecule has 1 amide bonds. The minimum Gasteiger partial charge on any atom is -0.466 e. The Bertz CT molecular complexity index is 856. The summed E-state index contributed by atoms with van der Waals surface area (Å²) in [6.07, 6.45) is 3.77. The first-order valence-corrected chi connectivity index (χ1v) is 10.9. The first-order valence-electron chi connectivity index (χ1n) is 8.20.